The van der Waals surface area contributed by atoms with Gasteiger partial charge in [-0.25, -0.2) is 4.98 Å². The maximum Gasteiger partial charge on any atom is 0.230 e. The number of amides is 1. The number of nitrogens with one attached hydrogen (secondary N) is 1. The zero-order chi connectivity index (χ0) is 11.8. The minimum Gasteiger partial charge on any atom is -0.399 e. The van der Waals surface area contributed by atoms with Gasteiger partial charge < -0.3 is 11.1 Å². The monoisotopic (exact) mass is 225 g/mol. The normalized spacial score (nSPS) is 13.3. The summed E-state index contributed by atoms with van der Waals surface area (Å²) in [6.45, 7) is 0. The largest absolute Gasteiger partial charge is 0.399 e. The van der Waals surface area contributed by atoms with Gasteiger partial charge in [-0.15, -0.1) is 0 Å². The van der Waals surface area contributed by atoms with Gasteiger partial charge in [-0.2, -0.15) is 0 Å². The first kappa shape index (κ1) is 9.84. The van der Waals surface area contributed by atoms with Crippen molar-refractivity contribution in [2.75, 3.05) is 11.1 Å². The lowest BCUT2D eigenvalue weighted by Crippen LogP contribution is -2.04. The second kappa shape index (κ2) is 3.59. The molecule has 0 atom stereocenters. The molecule has 0 bridgehead atoms. The van der Waals surface area contributed by atoms with Crippen LogP contribution in [0.3, 0.4) is 0 Å². The molecule has 4 nitrogen and oxygen atoms in total. The molecule has 4 heteroatoms. The number of nitrogens with two attached hydrogens (primary N) is 1. The highest BCUT2D eigenvalue weighted by Gasteiger charge is 2.22. The van der Waals surface area contributed by atoms with Crippen molar-refractivity contribution >= 4 is 17.4 Å². The third kappa shape index (κ3) is 1.63. The topological polar surface area (TPSA) is 68.0 Å². The molecule has 2 heterocycles. The van der Waals surface area contributed by atoms with Crippen molar-refractivity contribution in [3.05, 3.63) is 42.1 Å². The van der Waals surface area contributed by atoms with E-state index in [4.69, 9.17) is 5.73 Å². The average Bonchev–Trinajstić information content (AvgIpc) is 2.70. The Bertz CT molecular complexity index is 590. The van der Waals surface area contributed by atoms with E-state index in [9.17, 15) is 4.79 Å². The third-order valence-electron chi connectivity index (χ3n) is 2.87. The van der Waals surface area contributed by atoms with Crippen LogP contribution in [0.25, 0.3) is 11.1 Å². The number of nitrogens with zero attached hydrogens (tertiary/aromatic N) is 1. The van der Waals surface area contributed by atoms with Gasteiger partial charge in [0.25, 0.3) is 0 Å². The summed E-state index contributed by atoms with van der Waals surface area (Å²) in [6, 6.07) is 9.53. The number of hydrogen-bond donors (Lipinski definition) is 2. The summed E-state index contributed by atoms with van der Waals surface area (Å²) in [4.78, 5) is 15.5. The number of hydrogen-bond acceptors (Lipinski definition) is 3. The van der Waals surface area contributed by atoms with Crippen LogP contribution in [0.5, 0.6) is 0 Å². The number of aromatic nitrogens is 1. The fourth-order valence-electron chi connectivity index (χ4n) is 2.05. The molecular formula is C13H11N3O. The van der Waals surface area contributed by atoms with Gasteiger partial charge >= 0.3 is 0 Å². The van der Waals surface area contributed by atoms with Crippen LogP contribution in [0.15, 0.2) is 36.5 Å². The van der Waals surface area contributed by atoms with Crippen molar-refractivity contribution in [3.63, 3.8) is 0 Å². The van der Waals surface area contributed by atoms with Gasteiger partial charge in [-0.1, -0.05) is 12.1 Å². The molecule has 1 aliphatic rings. The third-order valence-corrected chi connectivity index (χ3v) is 2.87. The first-order chi connectivity index (χ1) is 8.24. The summed E-state index contributed by atoms with van der Waals surface area (Å²) >= 11 is 0. The Morgan fingerprint density at radius 1 is 1.18 bits per heavy atom. The number of anilines is 2. The minimum absolute atomic E-state index is 0.00426. The maximum atomic E-state index is 11.4. The smallest absolute Gasteiger partial charge is 0.230 e. The zero-order valence-corrected chi connectivity index (χ0v) is 9.10. The molecule has 0 unspecified atom stereocenters. The SMILES string of the molecule is Nc1ccc(-c2ccnc3c2CC(=O)N3)cc1. The predicted octanol–water partition coefficient (Wildman–Crippen LogP) is 1.83. The van der Waals surface area contributed by atoms with Gasteiger partial charge in [0.1, 0.15) is 5.82 Å². The zero-order valence-electron chi connectivity index (χ0n) is 9.10. The van der Waals surface area contributed by atoms with Gasteiger partial charge in [0.05, 0.1) is 6.42 Å². The summed E-state index contributed by atoms with van der Waals surface area (Å²) in [6.07, 6.45) is 2.10. The first-order valence-electron chi connectivity index (χ1n) is 5.38. The fraction of sp³-hybridized carbons (Fsp3) is 0.0769. The van der Waals surface area contributed by atoms with Crippen LogP contribution in [-0.2, 0) is 11.2 Å². The highest BCUT2D eigenvalue weighted by molar-refractivity contribution is 6.00. The number of fused-ring (bicyclic) bond motifs is 1. The Morgan fingerprint density at radius 3 is 2.71 bits per heavy atom. The molecule has 0 radical (unpaired) electrons. The number of nitrogen functional groups attached to an aromatic ring is 1. The molecular weight excluding hydrogens is 214 g/mol. The van der Waals surface area contributed by atoms with Gasteiger partial charge in [-0.3, -0.25) is 4.79 Å². The summed E-state index contributed by atoms with van der Waals surface area (Å²) in [5.74, 6) is 0.666. The van der Waals surface area contributed by atoms with Crippen molar-refractivity contribution in [1.82, 2.24) is 4.98 Å². The van der Waals surface area contributed by atoms with Crippen molar-refractivity contribution in [2.24, 2.45) is 0 Å². The number of carbonyl (C=O) groups excluding carboxylic acids is 1. The lowest BCUT2D eigenvalue weighted by Gasteiger charge is -2.06. The second-order valence-electron chi connectivity index (χ2n) is 4.03. The van der Waals surface area contributed by atoms with Gasteiger partial charge in [0.2, 0.25) is 5.91 Å². The Morgan fingerprint density at radius 2 is 1.94 bits per heavy atom. The Labute approximate surface area is 98.5 Å². The van der Waals surface area contributed by atoms with Gasteiger partial charge in [0.15, 0.2) is 0 Å². The summed E-state index contributed by atoms with van der Waals surface area (Å²) in [7, 11) is 0. The van der Waals surface area contributed by atoms with Crippen molar-refractivity contribution in [1.29, 1.82) is 0 Å². The van der Waals surface area contributed by atoms with E-state index in [1.807, 2.05) is 30.3 Å². The highest BCUT2D eigenvalue weighted by Crippen LogP contribution is 2.31. The summed E-state index contributed by atoms with van der Waals surface area (Å²) in [5, 5.41) is 2.74. The molecule has 3 rings (SSSR count). The number of pyridine rings is 1. The number of benzene rings is 1. The molecule has 0 aliphatic carbocycles. The molecule has 0 saturated carbocycles. The average molecular weight is 225 g/mol. The lowest BCUT2D eigenvalue weighted by molar-refractivity contribution is -0.115. The molecule has 1 aromatic heterocycles. The number of rotatable bonds is 1. The molecule has 17 heavy (non-hydrogen) atoms. The Kier molecular flexibility index (Phi) is 2.08. The number of carbonyl (C=O) groups is 1. The van der Waals surface area contributed by atoms with Crippen molar-refractivity contribution < 1.29 is 4.79 Å². The van der Waals surface area contributed by atoms with Crippen LogP contribution < -0.4 is 11.1 Å². The second-order valence-corrected chi connectivity index (χ2v) is 4.03. The van der Waals surface area contributed by atoms with Gasteiger partial charge in [-0.05, 0) is 29.3 Å². The highest BCUT2D eigenvalue weighted by atomic mass is 16.1. The van der Waals surface area contributed by atoms with Crippen molar-refractivity contribution in [3.8, 4) is 11.1 Å². The standard InChI is InChI=1S/C13H11N3O/c14-9-3-1-8(2-4-9)10-5-6-15-13-11(10)7-12(17)16-13/h1-6H,7,14H2,(H,15,16,17). The van der Waals surface area contributed by atoms with E-state index in [1.54, 1.807) is 6.20 Å². The predicted molar refractivity (Wildman–Crippen MR) is 66.4 cm³/mol. The molecule has 0 spiro atoms. The molecule has 0 fully saturated rings. The molecule has 0 saturated heterocycles. The molecule has 84 valence electrons. The van der Waals surface area contributed by atoms with E-state index in [2.05, 4.69) is 10.3 Å². The van der Waals surface area contributed by atoms with E-state index in [1.165, 1.54) is 0 Å². The van der Waals surface area contributed by atoms with E-state index in [-0.39, 0.29) is 5.91 Å². The van der Waals surface area contributed by atoms with Crippen LogP contribution in [0.4, 0.5) is 11.5 Å². The van der Waals surface area contributed by atoms with Crippen LogP contribution in [0.2, 0.25) is 0 Å². The van der Waals surface area contributed by atoms with Crippen LogP contribution in [0, 0.1) is 0 Å². The van der Waals surface area contributed by atoms with E-state index in [0.29, 0.717) is 12.2 Å². The molecule has 1 aliphatic heterocycles. The maximum absolute atomic E-state index is 11.4. The first-order valence-corrected chi connectivity index (χ1v) is 5.38. The van der Waals surface area contributed by atoms with Crippen LogP contribution in [0.1, 0.15) is 5.56 Å². The van der Waals surface area contributed by atoms with Crippen LogP contribution in [-0.4, -0.2) is 10.9 Å². The Balaban J connectivity index is 2.13. The summed E-state index contributed by atoms with van der Waals surface area (Å²) in [5.41, 5.74) is 9.44. The van der Waals surface area contributed by atoms with E-state index in [0.717, 1.165) is 22.4 Å². The Hall–Kier alpha value is -2.36. The molecule has 3 N–H and O–H groups in total. The van der Waals surface area contributed by atoms with Gasteiger partial charge in [0, 0.05) is 17.4 Å². The van der Waals surface area contributed by atoms with Crippen molar-refractivity contribution in [2.45, 2.75) is 6.42 Å². The quantitative estimate of drug-likeness (QED) is 0.727. The lowest BCUT2D eigenvalue weighted by atomic mass is 10.00. The summed E-state index contributed by atoms with van der Waals surface area (Å²) < 4.78 is 0. The fourth-order valence-corrected chi connectivity index (χ4v) is 2.05. The molecule has 1 aromatic carbocycles. The van der Waals surface area contributed by atoms with E-state index < -0.39 is 0 Å². The van der Waals surface area contributed by atoms with E-state index >= 15 is 0 Å². The molecule has 1 amide bonds. The van der Waals surface area contributed by atoms with Crippen LogP contribution >= 0.6 is 0 Å². The molecule has 2 aromatic rings. The minimum atomic E-state index is -0.00426.